The highest BCUT2D eigenvalue weighted by Gasteiger charge is 2.38. The van der Waals surface area contributed by atoms with Crippen molar-refractivity contribution in [1.29, 1.82) is 0 Å². The Kier molecular flexibility index (Phi) is 7.60. The Bertz CT molecular complexity index is 1540. The molecule has 0 atom stereocenters. The summed E-state index contributed by atoms with van der Waals surface area (Å²) in [5.41, 5.74) is -2.37. The van der Waals surface area contributed by atoms with Crippen molar-refractivity contribution in [2.75, 3.05) is 31.3 Å². The summed E-state index contributed by atoms with van der Waals surface area (Å²) in [7, 11) is -2.33. The van der Waals surface area contributed by atoms with E-state index >= 15 is 0 Å². The summed E-state index contributed by atoms with van der Waals surface area (Å²) in [6, 6.07) is 7.93. The number of halogens is 6. The van der Waals surface area contributed by atoms with Gasteiger partial charge in [0.2, 0.25) is 15.0 Å². The molecule has 0 spiro atoms. The van der Waals surface area contributed by atoms with Crippen molar-refractivity contribution >= 4 is 21.6 Å². The number of alkyl halides is 6. The predicted molar refractivity (Wildman–Crippen MR) is 134 cm³/mol. The molecule has 14 heteroatoms. The van der Waals surface area contributed by atoms with E-state index in [-0.39, 0.29) is 48.2 Å². The number of benzene rings is 2. The second kappa shape index (κ2) is 10.4. The van der Waals surface area contributed by atoms with Crippen LogP contribution in [0.5, 0.6) is 0 Å². The quantitative estimate of drug-likeness (QED) is 0.302. The number of rotatable bonds is 4. The molecular formula is C26H24F6N4O3S. The first kappa shape index (κ1) is 29.3. The van der Waals surface area contributed by atoms with E-state index in [1.54, 1.807) is 43.1 Å². The maximum Gasteiger partial charge on any atom is 0.416 e. The van der Waals surface area contributed by atoms with Crippen molar-refractivity contribution in [2.24, 2.45) is 0 Å². The summed E-state index contributed by atoms with van der Waals surface area (Å²) in [4.78, 5) is 25.1. The first-order chi connectivity index (χ1) is 18.5. The molecule has 214 valence electrons. The van der Waals surface area contributed by atoms with Crippen LogP contribution in [0.2, 0.25) is 0 Å². The van der Waals surface area contributed by atoms with Gasteiger partial charge >= 0.3 is 12.4 Å². The SMILES string of the molecule is Cc1ccccc1-c1nc(S(C)(=O)=O)nc2c1C(=O)N(Cc1cc(C(F)(F)F)cc(C(F)(F)F)c1)CCCN2C. The fourth-order valence-corrected chi connectivity index (χ4v) is 4.96. The second-order valence-electron chi connectivity index (χ2n) is 9.56. The van der Waals surface area contributed by atoms with Gasteiger partial charge in [-0.1, -0.05) is 24.3 Å². The van der Waals surface area contributed by atoms with Crippen LogP contribution in [0.15, 0.2) is 47.6 Å². The van der Waals surface area contributed by atoms with Gasteiger partial charge in [0.1, 0.15) is 11.4 Å². The van der Waals surface area contributed by atoms with Crippen molar-refractivity contribution in [3.63, 3.8) is 0 Å². The molecule has 4 rings (SSSR count). The molecular weight excluding hydrogens is 562 g/mol. The van der Waals surface area contributed by atoms with Crippen LogP contribution < -0.4 is 4.90 Å². The molecule has 3 aromatic rings. The van der Waals surface area contributed by atoms with Gasteiger partial charge in [-0.05, 0) is 42.7 Å². The molecule has 0 saturated heterocycles. The van der Waals surface area contributed by atoms with Gasteiger partial charge in [-0.3, -0.25) is 4.79 Å². The molecule has 1 aliphatic rings. The highest BCUT2D eigenvalue weighted by molar-refractivity contribution is 7.90. The van der Waals surface area contributed by atoms with E-state index in [2.05, 4.69) is 9.97 Å². The first-order valence-electron chi connectivity index (χ1n) is 11.9. The summed E-state index contributed by atoms with van der Waals surface area (Å²) in [6.45, 7) is 1.43. The lowest BCUT2D eigenvalue weighted by Crippen LogP contribution is -2.38. The van der Waals surface area contributed by atoms with Crippen LogP contribution in [0.3, 0.4) is 0 Å². The lowest BCUT2D eigenvalue weighted by molar-refractivity contribution is -0.143. The number of aromatic nitrogens is 2. The van der Waals surface area contributed by atoms with E-state index in [0.29, 0.717) is 23.3 Å². The molecule has 2 aromatic carbocycles. The molecule has 0 N–H and O–H groups in total. The van der Waals surface area contributed by atoms with Crippen molar-refractivity contribution in [2.45, 2.75) is 37.4 Å². The number of hydrogen-bond acceptors (Lipinski definition) is 6. The molecule has 0 unspecified atom stereocenters. The average Bonchev–Trinajstić information content (AvgIpc) is 2.84. The summed E-state index contributed by atoms with van der Waals surface area (Å²) >= 11 is 0. The molecule has 7 nitrogen and oxygen atoms in total. The number of sulfone groups is 1. The molecule has 0 bridgehead atoms. The number of fused-ring (bicyclic) bond motifs is 1. The van der Waals surface area contributed by atoms with Crippen molar-refractivity contribution in [1.82, 2.24) is 14.9 Å². The minimum absolute atomic E-state index is 0.00124. The lowest BCUT2D eigenvalue weighted by atomic mass is 9.99. The van der Waals surface area contributed by atoms with Crippen molar-refractivity contribution in [3.8, 4) is 11.3 Å². The van der Waals surface area contributed by atoms with E-state index in [0.717, 1.165) is 11.2 Å². The fraction of sp³-hybridized carbons (Fsp3) is 0.346. The summed E-state index contributed by atoms with van der Waals surface area (Å²) in [5.74, 6) is -0.769. The lowest BCUT2D eigenvalue weighted by Gasteiger charge is -2.31. The van der Waals surface area contributed by atoms with Crippen LogP contribution in [0.4, 0.5) is 32.2 Å². The van der Waals surface area contributed by atoms with Crippen LogP contribution in [0.1, 0.15) is 39.0 Å². The third kappa shape index (κ3) is 6.06. The predicted octanol–water partition coefficient (Wildman–Crippen LogP) is 5.38. The number of anilines is 1. The van der Waals surface area contributed by atoms with Crippen molar-refractivity contribution < 1.29 is 39.6 Å². The zero-order chi connectivity index (χ0) is 29.6. The van der Waals surface area contributed by atoms with E-state index in [4.69, 9.17) is 0 Å². The Hall–Kier alpha value is -3.68. The van der Waals surface area contributed by atoms with Gasteiger partial charge < -0.3 is 9.80 Å². The molecule has 1 aromatic heterocycles. The Balaban J connectivity index is 1.91. The number of nitrogens with zero attached hydrogens (tertiary/aromatic N) is 4. The summed E-state index contributed by atoms with van der Waals surface area (Å²) in [6.07, 6.45) is -8.89. The van der Waals surface area contributed by atoms with Gasteiger partial charge in [-0.2, -0.15) is 26.3 Å². The number of amides is 1. The molecule has 1 amide bonds. The normalized spacial score (nSPS) is 15.1. The molecule has 0 saturated carbocycles. The first-order valence-corrected chi connectivity index (χ1v) is 13.8. The molecule has 0 fully saturated rings. The van der Waals surface area contributed by atoms with Crippen LogP contribution >= 0.6 is 0 Å². The molecule has 0 radical (unpaired) electrons. The van der Waals surface area contributed by atoms with Crippen molar-refractivity contribution in [3.05, 3.63) is 70.3 Å². The van der Waals surface area contributed by atoms with Gasteiger partial charge in [0.15, 0.2) is 0 Å². The second-order valence-corrected chi connectivity index (χ2v) is 11.5. The number of hydrogen-bond donors (Lipinski definition) is 0. The number of carbonyl (C=O) groups excluding carboxylic acids is 1. The van der Waals surface area contributed by atoms with Gasteiger partial charge in [0.25, 0.3) is 5.91 Å². The highest BCUT2D eigenvalue weighted by Crippen LogP contribution is 2.38. The van der Waals surface area contributed by atoms with E-state index in [1.165, 1.54) is 0 Å². The monoisotopic (exact) mass is 586 g/mol. The number of aryl methyl sites for hydroxylation is 1. The zero-order valence-electron chi connectivity index (χ0n) is 21.6. The Morgan fingerprint density at radius 3 is 2.08 bits per heavy atom. The van der Waals surface area contributed by atoms with Crippen LogP contribution in [0.25, 0.3) is 11.3 Å². The van der Waals surface area contributed by atoms with Gasteiger partial charge in [0.05, 0.1) is 16.8 Å². The minimum atomic E-state index is -5.04. The molecule has 2 heterocycles. The van der Waals surface area contributed by atoms with Gasteiger partial charge in [-0.25, -0.2) is 18.4 Å². The van der Waals surface area contributed by atoms with E-state index in [9.17, 15) is 39.6 Å². The van der Waals surface area contributed by atoms with Gasteiger partial charge in [-0.15, -0.1) is 0 Å². The van der Waals surface area contributed by atoms with Crippen LogP contribution in [0, 0.1) is 6.92 Å². The summed E-state index contributed by atoms with van der Waals surface area (Å²) in [5, 5.41) is -0.524. The largest absolute Gasteiger partial charge is 0.416 e. The van der Waals surface area contributed by atoms with E-state index < -0.39 is 50.9 Å². The molecule has 1 aliphatic heterocycles. The van der Waals surface area contributed by atoms with Crippen LogP contribution in [-0.4, -0.2) is 55.6 Å². The Morgan fingerprint density at radius 1 is 0.925 bits per heavy atom. The smallest absolute Gasteiger partial charge is 0.359 e. The maximum absolute atomic E-state index is 14.0. The number of carbonyl (C=O) groups is 1. The molecule has 0 aliphatic carbocycles. The Labute approximate surface area is 226 Å². The standard InChI is InChI=1S/C26H24F6N4O3S/c1-15-7-4-5-8-19(15)21-20-22(34-24(33-21)40(3,38)39)35(2)9-6-10-36(23(20)37)14-16-11-17(25(27,28)29)13-18(12-16)26(30,31)32/h4-5,7-8,11-13H,6,9-10,14H2,1-3H3. The average molecular weight is 587 g/mol. The van der Waals surface area contributed by atoms with Gasteiger partial charge in [0, 0.05) is 38.5 Å². The van der Waals surface area contributed by atoms with E-state index in [1.807, 2.05) is 0 Å². The van der Waals surface area contributed by atoms with Crippen LogP contribution in [-0.2, 0) is 28.7 Å². The summed E-state index contributed by atoms with van der Waals surface area (Å²) < 4.78 is 106. The molecule has 40 heavy (non-hydrogen) atoms. The minimum Gasteiger partial charge on any atom is -0.359 e. The third-order valence-corrected chi connectivity index (χ3v) is 7.25. The topological polar surface area (TPSA) is 83.5 Å². The Morgan fingerprint density at radius 2 is 1.52 bits per heavy atom. The third-order valence-electron chi connectivity index (χ3n) is 6.41. The highest BCUT2D eigenvalue weighted by atomic mass is 32.2. The maximum atomic E-state index is 14.0. The fourth-order valence-electron chi connectivity index (χ4n) is 4.45. The zero-order valence-corrected chi connectivity index (χ0v) is 22.4.